The summed E-state index contributed by atoms with van der Waals surface area (Å²) in [6, 6.07) is 6.83. The van der Waals surface area contributed by atoms with Gasteiger partial charge >= 0.3 is 0 Å². The quantitative estimate of drug-likeness (QED) is 0.743. The maximum absolute atomic E-state index is 11.7. The number of aryl methyl sites for hydroxylation is 1. The minimum atomic E-state index is -3.59. The van der Waals surface area contributed by atoms with Gasteiger partial charge in [0.25, 0.3) is 10.1 Å². The van der Waals surface area contributed by atoms with Crippen LogP contribution in [-0.4, -0.2) is 14.5 Å². The van der Waals surface area contributed by atoms with Crippen LogP contribution in [-0.2, 0) is 20.7 Å². The van der Waals surface area contributed by atoms with Crippen molar-refractivity contribution >= 4 is 10.1 Å². The van der Waals surface area contributed by atoms with E-state index in [1.165, 1.54) is 0 Å². The molecule has 0 saturated carbocycles. The van der Waals surface area contributed by atoms with Crippen LogP contribution >= 0.6 is 0 Å². The van der Waals surface area contributed by atoms with Gasteiger partial charge in [0.2, 0.25) is 0 Å². The van der Waals surface area contributed by atoms with E-state index in [2.05, 4.69) is 0 Å². The van der Waals surface area contributed by atoms with E-state index in [0.29, 0.717) is 0 Å². The lowest BCUT2D eigenvalue weighted by molar-refractivity contribution is 0.249. The van der Waals surface area contributed by atoms with Crippen LogP contribution < -0.4 is 0 Å². The maximum Gasteiger partial charge on any atom is 0.297 e. The van der Waals surface area contributed by atoms with E-state index in [1.54, 1.807) is 32.0 Å². The fourth-order valence-corrected chi connectivity index (χ4v) is 2.39. The Kier molecular flexibility index (Phi) is 3.88. The lowest BCUT2D eigenvalue weighted by Crippen LogP contribution is -2.12. The number of rotatable bonds is 4. The van der Waals surface area contributed by atoms with Crippen molar-refractivity contribution < 1.29 is 12.6 Å². The second kappa shape index (κ2) is 4.77. The van der Waals surface area contributed by atoms with E-state index >= 15 is 0 Å². The molecule has 0 amide bonds. The van der Waals surface area contributed by atoms with Gasteiger partial charge in [-0.1, -0.05) is 19.1 Å². The van der Waals surface area contributed by atoms with Crippen molar-refractivity contribution in [2.24, 2.45) is 0 Å². The summed E-state index contributed by atoms with van der Waals surface area (Å²) in [5.74, 6) is 0. The molecule has 0 N–H and O–H groups in total. The molecule has 0 unspecified atom stereocenters. The van der Waals surface area contributed by atoms with Gasteiger partial charge in [-0.3, -0.25) is 4.18 Å². The maximum atomic E-state index is 11.7. The molecule has 0 fully saturated rings. The van der Waals surface area contributed by atoms with Crippen molar-refractivity contribution in [3.8, 4) is 0 Å². The zero-order chi connectivity index (χ0) is 11.5. The molecule has 0 radical (unpaired) electrons. The highest BCUT2D eigenvalue weighted by Crippen LogP contribution is 2.16. The summed E-state index contributed by atoms with van der Waals surface area (Å²) < 4.78 is 28.3. The molecule has 0 bridgehead atoms. The third-order valence-corrected chi connectivity index (χ3v) is 3.38. The van der Waals surface area contributed by atoms with Gasteiger partial charge in [-0.25, -0.2) is 0 Å². The Bertz CT molecular complexity index is 421. The van der Waals surface area contributed by atoms with Gasteiger partial charge in [0.1, 0.15) is 0 Å². The summed E-state index contributed by atoms with van der Waals surface area (Å²) in [6.45, 7) is 5.37. The van der Waals surface area contributed by atoms with E-state index in [9.17, 15) is 8.42 Å². The van der Waals surface area contributed by atoms with E-state index < -0.39 is 10.1 Å². The van der Waals surface area contributed by atoms with Crippen LogP contribution in [0.25, 0.3) is 0 Å². The Morgan fingerprint density at radius 1 is 1.33 bits per heavy atom. The molecule has 0 atom stereocenters. The first-order valence-electron chi connectivity index (χ1n) is 4.98. The fraction of sp³-hybridized carbons (Fsp3) is 0.455. The van der Waals surface area contributed by atoms with Gasteiger partial charge in [0.15, 0.2) is 0 Å². The smallest absolute Gasteiger partial charge is 0.264 e. The fourth-order valence-electron chi connectivity index (χ4n) is 1.23. The first-order chi connectivity index (χ1) is 6.95. The molecule has 15 heavy (non-hydrogen) atoms. The monoisotopic (exact) mass is 228 g/mol. The van der Waals surface area contributed by atoms with Crippen LogP contribution in [0.1, 0.15) is 26.3 Å². The molecule has 0 heterocycles. The molecule has 3 nitrogen and oxygen atoms in total. The Balaban J connectivity index is 3.04. The molecule has 1 aromatic rings. The van der Waals surface area contributed by atoms with Crippen molar-refractivity contribution in [2.75, 3.05) is 0 Å². The van der Waals surface area contributed by atoms with E-state index in [4.69, 9.17) is 4.18 Å². The van der Waals surface area contributed by atoms with Crippen LogP contribution in [0.2, 0.25) is 0 Å². The summed E-state index contributed by atoms with van der Waals surface area (Å²) in [4.78, 5) is 0.232. The Hall–Kier alpha value is -0.870. The molecular formula is C11H16O3S. The summed E-state index contributed by atoms with van der Waals surface area (Å²) >= 11 is 0. The van der Waals surface area contributed by atoms with Crippen LogP contribution in [0.15, 0.2) is 29.2 Å². The Labute approximate surface area is 91.2 Å². The molecule has 0 aromatic heterocycles. The van der Waals surface area contributed by atoms with E-state index in [-0.39, 0.29) is 11.0 Å². The van der Waals surface area contributed by atoms with Crippen molar-refractivity contribution in [3.05, 3.63) is 29.8 Å². The SMILES string of the molecule is CCc1cccc(S(=O)(=O)OC(C)C)c1. The molecule has 0 aliphatic rings. The molecular weight excluding hydrogens is 212 g/mol. The van der Waals surface area contributed by atoms with Crippen LogP contribution in [0.5, 0.6) is 0 Å². The molecule has 4 heteroatoms. The van der Waals surface area contributed by atoms with E-state index in [1.807, 2.05) is 13.0 Å². The lowest BCUT2D eigenvalue weighted by Gasteiger charge is -2.08. The van der Waals surface area contributed by atoms with Crippen molar-refractivity contribution in [1.29, 1.82) is 0 Å². The average Bonchev–Trinajstić information content (AvgIpc) is 2.16. The highest BCUT2D eigenvalue weighted by Gasteiger charge is 2.16. The zero-order valence-corrected chi connectivity index (χ0v) is 10.0. The first kappa shape index (κ1) is 12.2. The number of benzene rings is 1. The first-order valence-corrected chi connectivity index (χ1v) is 6.38. The van der Waals surface area contributed by atoms with Crippen LogP contribution in [0.3, 0.4) is 0 Å². The lowest BCUT2D eigenvalue weighted by atomic mass is 10.2. The van der Waals surface area contributed by atoms with Gasteiger partial charge in [-0.15, -0.1) is 0 Å². The molecule has 1 rings (SSSR count). The van der Waals surface area contributed by atoms with Crippen LogP contribution in [0.4, 0.5) is 0 Å². The molecule has 0 spiro atoms. The largest absolute Gasteiger partial charge is 0.297 e. The standard InChI is InChI=1S/C11H16O3S/c1-4-10-6-5-7-11(8-10)15(12,13)14-9(2)3/h5-9H,4H2,1-3H3. The summed E-state index contributed by atoms with van der Waals surface area (Å²) in [5.41, 5.74) is 0.989. The van der Waals surface area contributed by atoms with Crippen molar-refractivity contribution in [1.82, 2.24) is 0 Å². The van der Waals surface area contributed by atoms with Crippen molar-refractivity contribution in [3.63, 3.8) is 0 Å². The number of hydrogen-bond donors (Lipinski definition) is 0. The van der Waals surface area contributed by atoms with Gasteiger partial charge in [0.05, 0.1) is 11.0 Å². The summed E-state index contributed by atoms with van der Waals surface area (Å²) in [7, 11) is -3.59. The normalized spacial score (nSPS) is 12.0. The Morgan fingerprint density at radius 2 is 2.00 bits per heavy atom. The molecule has 0 saturated heterocycles. The van der Waals surface area contributed by atoms with E-state index in [0.717, 1.165) is 12.0 Å². The van der Waals surface area contributed by atoms with Gasteiger partial charge in [-0.05, 0) is 38.0 Å². The van der Waals surface area contributed by atoms with Gasteiger partial charge in [0, 0.05) is 0 Å². The van der Waals surface area contributed by atoms with Gasteiger partial charge in [-0.2, -0.15) is 8.42 Å². The third kappa shape index (κ3) is 3.32. The second-order valence-corrected chi connectivity index (χ2v) is 5.17. The highest BCUT2D eigenvalue weighted by molar-refractivity contribution is 7.86. The predicted molar refractivity (Wildman–Crippen MR) is 59.2 cm³/mol. The highest BCUT2D eigenvalue weighted by atomic mass is 32.2. The molecule has 1 aromatic carbocycles. The third-order valence-electron chi connectivity index (χ3n) is 1.91. The minimum Gasteiger partial charge on any atom is -0.264 e. The minimum absolute atomic E-state index is 0.232. The Morgan fingerprint density at radius 3 is 2.53 bits per heavy atom. The zero-order valence-electron chi connectivity index (χ0n) is 9.23. The van der Waals surface area contributed by atoms with Crippen LogP contribution in [0, 0.1) is 0 Å². The molecule has 0 aliphatic heterocycles. The molecule has 0 aliphatic carbocycles. The second-order valence-electron chi connectivity index (χ2n) is 3.60. The average molecular weight is 228 g/mol. The summed E-state index contributed by atoms with van der Waals surface area (Å²) in [5, 5.41) is 0. The predicted octanol–water partition coefficient (Wildman–Crippen LogP) is 2.36. The van der Waals surface area contributed by atoms with Crippen molar-refractivity contribution in [2.45, 2.75) is 38.2 Å². The summed E-state index contributed by atoms with van der Waals surface area (Å²) in [6.07, 6.45) is 0.477. The number of hydrogen-bond acceptors (Lipinski definition) is 3. The van der Waals surface area contributed by atoms with Gasteiger partial charge < -0.3 is 0 Å². The molecule has 84 valence electrons. The topological polar surface area (TPSA) is 43.4 Å².